The number of H-pyrrole nitrogens is 1. The maximum Gasteiger partial charge on any atom is 0.259 e. The number of thioether (sulfide) groups is 1. The third-order valence-corrected chi connectivity index (χ3v) is 3.68. The Morgan fingerprint density at radius 1 is 1.19 bits per heavy atom. The standard InChI is InChI=1S/C14H9F2N3OS/c1-21-7-2-3-17-12(4-7)13-18-11-6-10(16)9(15)5-8(11)14(20)19-13/h2-6H,1H3,(H,18,19,20). The number of pyridine rings is 1. The van der Waals surface area contributed by atoms with Crippen LogP contribution in [0.25, 0.3) is 22.4 Å². The molecule has 0 spiro atoms. The van der Waals surface area contributed by atoms with Gasteiger partial charge in [0.25, 0.3) is 5.56 Å². The third kappa shape index (κ3) is 2.52. The van der Waals surface area contributed by atoms with Crippen molar-refractivity contribution in [3.05, 3.63) is 52.5 Å². The van der Waals surface area contributed by atoms with Crippen LogP contribution in [0.5, 0.6) is 0 Å². The van der Waals surface area contributed by atoms with E-state index in [1.54, 1.807) is 12.3 Å². The van der Waals surface area contributed by atoms with E-state index in [9.17, 15) is 13.6 Å². The highest BCUT2D eigenvalue weighted by atomic mass is 32.2. The molecule has 0 saturated heterocycles. The number of hydrogen-bond acceptors (Lipinski definition) is 4. The lowest BCUT2D eigenvalue weighted by Crippen LogP contribution is -2.11. The fourth-order valence-electron chi connectivity index (χ4n) is 1.92. The molecule has 0 aliphatic heterocycles. The van der Waals surface area contributed by atoms with Crippen molar-refractivity contribution in [3.63, 3.8) is 0 Å². The first kappa shape index (κ1) is 13.7. The van der Waals surface area contributed by atoms with E-state index >= 15 is 0 Å². The number of nitrogens with zero attached hydrogens (tertiary/aromatic N) is 2. The SMILES string of the molecule is CSc1ccnc(-c2nc3cc(F)c(F)cc3c(=O)[nH]2)c1. The van der Waals surface area contributed by atoms with E-state index in [4.69, 9.17) is 0 Å². The van der Waals surface area contributed by atoms with Gasteiger partial charge in [0.2, 0.25) is 0 Å². The van der Waals surface area contributed by atoms with E-state index in [0.717, 1.165) is 17.0 Å². The molecular weight excluding hydrogens is 296 g/mol. The van der Waals surface area contributed by atoms with Crippen LogP contribution in [0.4, 0.5) is 8.78 Å². The maximum absolute atomic E-state index is 13.3. The monoisotopic (exact) mass is 305 g/mol. The highest BCUT2D eigenvalue weighted by Crippen LogP contribution is 2.21. The molecule has 0 radical (unpaired) electrons. The van der Waals surface area contributed by atoms with Gasteiger partial charge in [0, 0.05) is 17.2 Å². The second-order valence-electron chi connectivity index (χ2n) is 4.28. The topological polar surface area (TPSA) is 58.6 Å². The minimum atomic E-state index is -1.08. The van der Waals surface area contributed by atoms with E-state index in [2.05, 4.69) is 15.0 Å². The van der Waals surface area contributed by atoms with Crippen molar-refractivity contribution in [2.45, 2.75) is 4.90 Å². The summed E-state index contributed by atoms with van der Waals surface area (Å²) in [6.07, 6.45) is 3.50. The Balaban J connectivity index is 2.24. The summed E-state index contributed by atoms with van der Waals surface area (Å²) in [5.41, 5.74) is 0.0137. The molecule has 2 aromatic heterocycles. The lowest BCUT2D eigenvalue weighted by Gasteiger charge is -2.04. The normalized spacial score (nSPS) is 11.0. The average Bonchev–Trinajstić information content (AvgIpc) is 2.49. The largest absolute Gasteiger partial charge is 0.305 e. The Kier molecular flexibility index (Phi) is 3.42. The van der Waals surface area contributed by atoms with Crippen LogP contribution in [0.1, 0.15) is 0 Å². The fraction of sp³-hybridized carbons (Fsp3) is 0.0714. The summed E-state index contributed by atoms with van der Waals surface area (Å²) in [6.45, 7) is 0. The smallest absolute Gasteiger partial charge is 0.259 e. The molecule has 106 valence electrons. The summed E-state index contributed by atoms with van der Waals surface area (Å²) >= 11 is 1.52. The van der Waals surface area contributed by atoms with Crippen molar-refractivity contribution in [1.29, 1.82) is 0 Å². The van der Waals surface area contributed by atoms with Crippen LogP contribution in [0.15, 0.2) is 40.2 Å². The molecule has 0 aliphatic carbocycles. The number of aromatic amines is 1. The molecule has 21 heavy (non-hydrogen) atoms. The quantitative estimate of drug-likeness (QED) is 0.739. The predicted molar refractivity (Wildman–Crippen MR) is 77.3 cm³/mol. The summed E-state index contributed by atoms with van der Waals surface area (Å²) in [5.74, 6) is -1.91. The highest BCUT2D eigenvalue weighted by Gasteiger charge is 2.11. The molecule has 0 bridgehead atoms. The molecular formula is C14H9F2N3OS. The minimum absolute atomic E-state index is 0.00123. The lowest BCUT2D eigenvalue weighted by molar-refractivity contribution is 0.510. The maximum atomic E-state index is 13.3. The van der Waals surface area contributed by atoms with Gasteiger partial charge in [-0.1, -0.05) is 0 Å². The van der Waals surface area contributed by atoms with Crippen molar-refractivity contribution in [3.8, 4) is 11.5 Å². The predicted octanol–water partition coefficient (Wildman–Crippen LogP) is 2.99. The molecule has 1 N–H and O–H groups in total. The zero-order valence-electron chi connectivity index (χ0n) is 10.9. The Morgan fingerprint density at radius 3 is 2.71 bits per heavy atom. The van der Waals surface area contributed by atoms with Gasteiger partial charge >= 0.3 is 0 Å². The first-order chi connectivity index (χ1) is 10.1. The van der Waals surface area contributed by atoms with E-state index in [1.165, 1.54) is 11.8 Å². The molecule has 0 unspecified atom stereocenters. The van der Waals surface area contributed by atoms with Crippen molar-refractivity contribution in [1.82, 2.24) is 15.0 Å². The number of nitrogens with one attached hydrogen (secondary N) is 1. The van der Waals surface area contributed by atoms with Gasteiger partial charge in [-0.3, -0.25) is 9.78 Å². The van der Waals surface area contributed by atoms with E-state index in [1.807, 2.05) is 12.3 Å². The fourth-order valence-corrected chi connectivity index (χ4v) is 2.35. The second-order valence-corrected chi connectivity index (χ2v) is 5.16. The zero-order valence-corrected chi connectivity index (χ0v) is 11.7. The molecule has 3 aromatic rings. The summed E-state index contributed by atoms with van der Waals surface area (Å²) < 4.78 is 26.5. The molecule has 2 heterocycles. The Bertz CT molecular complexity index is 895. The molecule has 3 rings (SSSR count). The highest BCUT2D eigenvalue weighted by molar-refractivity contribution is 7.98. The molecule has 1 aromatic carbocycles. The molecule has 0 amide bonds. The van der Waals surface area contributed by atoms with Gasteiger partial charge in [0.05, 0.1) is 10.9 Å². The lowest BCUT2D eigenvalue weighted by atomic mass is 10.2. The Labute approximate surface area is 122 Å². The number of benzene rings is 1. The molecule has 0 saturated carbocycles. The van der Waals surface area contributed by atoms with E-state index in [0.29, 0.717) is 5.69 Å². The zero-order chi connectivity index (χ0) is 15.0. The molecule has 0 fully saturated rings. The summed E-state index contributed by atoms with van der Waals surface area (Å²) in [4.78, 5) is 23.7. The summed E-state index contributed by atoms with van der Waals surface area (Å²) in [7, 11) is 0. The number of hydrogen-bond donors (Lipinski definition) is 1. The summed E-state index contributed by atoms with van der Waals surface area (Å²) in [5, 5.41) is -0.00123. The number of halogens is 2. The van der Waals surface area contributed by atoms with Crippen molar-refractivity contribution in [2.24, 2.45) is 0 Å². The van der Waals surface area contributed by atoms with Crippen LogP contribution in [-0.4, -0.2) is 21.2 Å². The number of rotatable bonds is 2. The Morgan fingerprint density at radius 2 is 1.95 bits per heavy atom. The first-order valence-corrected chi connectivity index (χ1v) is 7.20. The third-order valence-electron chi connectivity index (χ3n) is 2.96. The first-order valence-electron chi connectivity index (χ1n) is 5.98. The van der Waals surface area contributed by atoms with Gasteiger partial charge in [-0.05, 0) is 24.5 Å². The van der Waals surface area contributed by atoms with Gasteiger partial charge in [0.1, 0.15) is 5.69 Å². The van der Waals surface area contributed by atoms with Crippen LogP contribution >= 0.6 is 11.8 Å². The van der Waals surface area contributed by atoms with Crippen LogP contribution in [0.3, 0.4) is 0 Å². The Hall–Kier alpha value is -2.28. The second kappa shape index (κ2) is 5.25. The van der Waals surface area contributed by atoms with Crippen LogP contribution in [0, 0.1) is 11.6 Å². The van der Waals surface area contributed by atoms with Crippen LogP contribution in [0.2, 0.25) is 0 Å². The van der Waals surface area contributed by atoms with Crippen molar-refractivity contribution >= 4 is 22.7 Å². The molecule has 7 heteroatoms. The number of aromatic nitrogens is 3. The van der Waals surface area contributed by atoms with Crippen molar-refractivity contribution in [2.75, 3.05) is 6.26 Å². The minimum Gasteiger partial charge on any atom is -0.305 e. The van der Waals surface area contributed by atoms with Crippen LogP contribution in [-0.2, 0) is 0 Å². The van der Waals surface area contributed by atoms with Gasteiger partial charge in [0.15, 0.2) is 17.5 Å². The van der Waals surface area contributed by atoms with E-state index in [-0.39, 0.29) is 16.7 Å². The van der Waals surface area contributed by atoms with Gasteiger partial charge < -0.3 is 4.98 Å². The van der Waals surface area contributed by atoms with Gasteiger partial charge in [-0.25, -0.2) is 13.8 Å². The summed E-state index contributed by atoms with van der Waals surface area (Å²) in [6, 6.07) is 5.32. The van der Waals surface area contributed by atoms with Gasteiger partial charge in [-0.15, -0.1) is 11.8 Å². The average molecular weight is 305 g/mol. The molecule has 0 aliphatic rings. The molecule has 0 atom stereocenters. The van der Waals surface area contributed by atoms with Crippen molar-refractivity contribution < 1.29 is 8.78 Å². The molecule has 4 nitrogen and oxygen atoms in total. The van der Waals surface area contributed by atoms with E-state index < -0.39 is 17.2 Å². The van der Waals surface area contributed by atoms with Gasteiger partial charge in [-0.2, -0.15) is 0 Å². The van der Waals surface area contributed by atoms with Crippen LogP contribution < -0.4 is 5.56 Å². The number of fused-ring (bicyclic) bond motifs is 1.